The van der Waals surface area contributed by atoms with Crippen molar-refractivity contribution in [2.45, 2.75) is 73.6 Å². The normalized spacial score (nSPS) is 12.7. The largest absolute Gasteiger partial charge is 0.495 e. The topological polar surface area (TPSA) is 233 Å². The molecule has 5 aromatic heterocycles. The van der Waals surface area contributed by atoms with Crippen LogP contribution in [0.4, 0.5) is 5.95 Å². The Morgan fingerprint density at radius 2 is 1.54 bits per heavy atom. The van der Waals surface area contributed by atoms with Gasteiger partial charge in [0, 0.05) is 87.4 Å². The third-order valence-electron chi connectivity index (χ3n) is 11.7. The second-order valence-electron chi connectivity index (χ2n) is 16.5. The summed E-state index contributed by atoms with van der Waals surface area (Å²) < 4.78 is 19.7. The minimum atomic E-state index is -0.600. The van der Waals surface area contributed by atoms with E-state index in [4.69, 9.17) is 30.2 Å². The average molecular weight is 924 g/mol. The van der Waals surface area contributed by atoms with Crippen molar-refractivity contribution in [2.75, 3.05) is 39.2 Å². The van der Waals surface area contributed by atoms with Crippen LogP contribution in [0.15, 0.2) is 66.9 Å². The lowest BCUT2D eigenvalue weighted by Gasteiger charge is -2.19. The van der Waals surface area contributed by atoms with Gasteiger partial charge < -0.3 is 29.2 Å². The number of carbonyl (C=O) groups excluding carboxylic acids is 5. The van der Waals surface area contributed by atoms with Crippen LogP contribution in [0.3, 0.4) is 0 Å². The Morgan fingerprint density at radius 1 is 0.838 bits per heavy atom. The molecule has 8 rings (SSSR count). The highest BCUT2D eigenvalue weighted by atomic mass is 16.5. The molecule has 3 N–H and O–H groups in total. The summed E-state index contributed by atoms with van der Waals surface area (Å²) in [5.41, 5.74) is 12.2. The van der Waals surface area contributed by atoms with E-state index in [1.54, 1.807) is 41.0 Å². The van der Waals surface area contributed by atoms with Gasteiger partial charge in [0.15, 0.2) is 5.82 Å². The first-order valence-corrected chi connectivity index (χ1v) is 22.3. The van der Waals surface area contributed by atoms with Gasteiger partial charge in [-0.25, -0.2) is 15.0 Å². The number of amides is 5. The van der Waals surface area contributed by atoms with E-state index in [0.29, 0.717) is 100 Å². The van der Waals surface area contributed by atoms with Crippen LogP contribution in [0, 0.1) is 20.8 Å². The molecule has 1 aliphatic rings. The van der Waals surface area contributed by atoms with E-state index in [-0.39, 0.29) is 43.5 Å². The summed E-state index contributed by atoms with van der Waals surface area (Å²) in [5.74, 6) is -0.289. The third kappa shape index (κ3) is 9.16. The Labute approximate surface area is 391 Å². The molecule has 6 heterocycles. The summed E-state index contributed by atoms with van der Waals surface area (Å²) in [5, 5.41) is 13.5. The molecule has 0 saturated heterocycles. The molecular formula is C48H53N13O7. The predicted molar refractivity (Wildman–Crippen MR) is 254 cm³/mol. The third-order valence-corrected chi connectivity index (χ3v) is 11.7. The van der Waals surface area contributed by atoms with Gasteiger partial charge in [-0.1, -0.05) is 12.2 Å². The zero-order chi connectivity index (χ0) is 48.4. The van der Waals surface area contributed by atoms with Gasteiger partial charge in [0.25, 0.3) is 17.7 Å². The zero-order valence-electron chi connectivity index (χ0n) is 39.1. The number of rotatable bonds is 19. The van der Waals surface area contributed by atoms with E-state index in [9.17, 15) is 24.0 Å². The Kier molecular flexibility index (Phi) is 13.2. The van der Waals surface area contributed by atoms with Crippen LogP contribution >= 0.6 is 0 Å². The molecule has 0 fully saturated rings. The van der Waals surface area contributed by atoms with Crippen LogP contribution in [0.5, 0.6) is 11.5 Å². The van der Waals surface area contributed by atoms with E-state index in [2.05, 4.69) is 15.5 Å². The fourth-order valence-electron chi connectivity index (χ4n) is 8.43. The number of hydrogen-bond acceptors (Lipinski definition) is 12. The second kappa shape index (κ2) is 19.4. The monoisotopic (exact) mass is 923 g/mol. The minimum Gasteiger partial charge on any atom is -0.495 e. The SMILES string of the molecule is CCn1nc(C)cc1C(=O)Nc1nc2cc(C)cc(OCCCN(C)C(=O)CCN3C(=O)C=CC3=O)c2n1C/C=C/Cn1c2nc(-c3cc(C)nn3CC)ncc2c2cc(C(N)=O)cc(OC)c21. The lowest BCUT2D eigenvalue weighted by molar-refractivity contribution is -0.138. The number of aryl methyl sites for hydroxylation is 5. The Morgan fingerprint density at radius 3 is 2.25 bits per heavy atom. The molecule has 0 atom stereocenters. The number of nitrogens with one attached hydrogen (secondary N) is 1. The number of fused-ring (bicyclic) bond motifs is 4. The van der Waals surface area contributed by atoms with Crippen molar-refractivity contribution >= 4 is 68.5 Å². The van der Waals surface area contributed by atoms with Gasteiger partial charge in [-0.15, -0.1) is 0 Å². The molecule has 352 valence electrons. The highest BCUT2D eigenvalue weighted by molar-refractivity contribution is 6.13. The van der Waals surface area contributed by atoms with Gasteiger partial charge in [0.2, 0.25) is 17.8 Å². The molecule has 20 nitrogen and oxygen atoms in total. The first-order chi connectivity index (χ1) is 32.7. The average Bonchev–Trinajstić information content (AvgIpc) is 4.13. The summed E-state index contributed by atoms with van der Waals surface area (Å²) in [7, 11) is 3.21. The molecule has 0 aliphatic carbocycles. The van der Waals surface area contributed by atoms with Crippen LogP contribution in [0.1, 0.15) is 64.5 Å². The fraction of sp³-hybridized carbons (Fsp3) is 0.333. The van der Waals surface area contributed by atoms with Crippen molar-refractivity contribution in [1.29, 1.82) is 0 Å². The summed E-state index contributed by atoms with van der Waals surface area (Å²) in [4.78, 5) is 80.5. The summed E-state index contributed by atoms with van der Waals surface area (Å²) >= 11 is 0. The van der Waals surface area contributed by atoms with Crippen LogP contribution in [-0.4, -0.2) is 117 Å². The lowest BCUT2D eigenvalue weighted by Crippen LogP contribution is -2.36. The van der Waals surface area contributed by atoms with Gasteiger partial charge >= 0.3 is 0 Å². The molecule has 7 aromatic rings. The van der Waals surface area contributed by atoms with E-state index in [1.165, 1.54) is 19.3 Å². The maximum atomic E-state index is 13.9. The van der Waals surface area contributed by atoms with Crippen molar-refractivity contribution in [3.05, 3.63) is 95.1 Å². The van der Waals surface area contributed by atoms with Crippen LogP contribution in [0.2, 0.25) is 0 Å². The number of hydrogen-bond donors (Lipinski definition) is 2. The zero-order valence-corrected chi connectivity index (χ0v) is 39.1. The van der Waals surface area contributed by atoms with E-state index in [0.717, 1.165) is 21.9 Å². The number of primary amides is 1. The van der Waals surface area contributed by atoms with E-state index < -0.39 is 17.7 Å². The number of nitrogens with zero attached hydrogens (tertiary/aromatic N) is 11. The molecule has 1 aliphatic heterocycles. The number of anilines is 1. The van der Waals surface area contributed by atoms with Crippen molar-refractivity contribution in [3.8, 4) is 23.0 Å². The van der Waals surface area contributed by atoms with Gasteiger partial charge in [-0.2, -0.15) is 10.2 Å². The van der Waals surface area contributed by atoms with E-state index in [1.807, 2.05) is 78.8 Å². The molecule has 2 aromatic carbocycles. The molecule has 0 unspecified atom stereocenters. The number of ether oxygens (including phenoxy) is 2. The standard InChI is InChI=1S/C48H53N13O7/c1-8-60-35(23-29(4)54-60)45-50-27-33-32-25-31(44(49)65)26-37(67-7)42(32)58(46(33)52-45)17-10-11-18-59-43-34(51-48(59)53-47(66)36-24-30(5)55-61(36)9-2)21-28(3)22-38(43)68-20-12-16-56(6)39(62)15-19-57-40(63)13-14-41(57)64/h10-11,13-14,21-27H,8-9,12,15-20H2,1-7H3,(H2,49,65)(H,51,53,66)/b11-10+. The minimum absolute atomic E-state index is 0.00906. The van der Waals surface area contributed by atoms with E-state index >= 15 is 0 Å². The predicted octanol–water partition coefficient (Wildman–Crippen LogP) is 5.12. The fourth-order valence-corrected chi connectivity index (χ4v) is 8.43. The maximum absolute atomic E-state index is 13.9. The quantitative estimate of drug-likeness (QED) is 0.0612. The number of allylic oxidation sites excluding steroid dienone is 2. The number of imide groups is 1. The number of aromatic nitrogens is 9. The van der Waals surface area contributed by atoms with Gasteiger partial charge in [-0.3, -0.25) is 43.6 Å². The van der Waals surface area contributed by atoms with Crippen LogP contribution < -0.4 is 20.5 Å². The number of imidazole rings is 1. The summed E-state index contributed by atoms with van der Waals surface area (Å²) in [6, 6.07) is 10.8. The first-order valence-electron chi connectivity index (χ1n) is 22.3. The molecule has 0 spiro atoms. The number of methoxy groups -OCH3 is 1. The molecular weight excluding hydrogens is 871 g/mol. The lowest BCUT2D eigenvalue weighted by atomic mass is 10.1. The second-order valence-corrected chi connectivity index (χ2v) is 16.5. The first kappa shape index (κ1) is 46.4. The number of carbonyl (C=O) groups is 5. The summed E-state index contributed by atoms with van der Waals surface area (Å²) in [6.45, 7) is 11.9. The van der Waals surface area contributed by atoms with Gasteiger partial charge in [0.1, 0.15) is 34.1 Å². The Hall–Kier alpha value is -8.16. The molecule has 5 amide bonds. The van der Waals surface area contributed by atoms with Gasteiger partial charge in [-0.05, 0) is 83.0 Å². The van der Waals surface area contributed by atoms with Crippen molar-refractivity contribution in [1.82, 2.24) is 53.4 Å². The van der Waals surface area contributed by atoms with Crippen molar-refractivity contribution < 1.29 is 33.4 Å². The van der Waals surface area contributed by atoms with Gasteiger partial charge in [0.05, 0.1) is 36.1 Å². The van der Waals surface area contributed by atoms with Crippen LogP contribution in [0.25, 0.3) is 44.5 Å². The maximum Gasteiger partial charge on any atom is 0.276 e. The smallest absolute Gasteiger partial charge is 0.276 e. The molecule has 0 bridgehead atoms. The molecule has 68 heavy (non-hydrogen) atoms. The van der Waals surface area contributed by atoms with Crippen LogP contribution in [-0.2, 0) is 40.6 Å². The number of benzene rings is 2. The summed E-state index contributed by atoms with van der Waals surface area (Å²) in [6.07, 6.45) is 8.56. The Balaban J connectivity index is 1.11. The molecule has 0 radical (unpaired) electrons. The molecule has 0 saturated carbocycles. The molecule has 20 heteroatoms. The highest BCUT2D eigenvalue weighted by Gasteiger charge is 2.25. The van der Waals surface area contributed by atoms with Crippen molar-refractivity contribution in [3.63, 3.8) is 0 Å². The highest BCUT2D eigenvalue weighted by Crippen LogP contribution is 2.37. The number of nitrogens with two attached hydrogens (primary N) is 1. The Bertz CT molecular complexity index is 3190. The van der Waals surface area contributed by atoms with Crippen molar-refractivity contribution in [2.24, 2.45) is 5.73 Å².